The van der Waals surface area contributed by atoms with Crippen LogP contribution in [-0.2, 0) is 6.42 Å². The molecule has 2 nitrogen and oxygen atoms in total. The summed E-state index contributed by atoms with van der Waals surface area (Å²) in [4.78, 5) is 7.25. The predicted molar refractivity (Wildman–Crippen MR) is 59.2 cm³/mol. The topological polar surface area (TPSA) is 28.7 Å². The number of nitrogens with zero attached hydrogens (tertiary/aromatic N) is 1. The molecule has 1 unspecified atom stereocenters. The highest BCUT2D eigenvalue weighted by Gasteiger charge is 2.10. The normalized spacial score (nSPS) is 13.2. The zero-order valence-electron chi connectivity index (χ0n) is 9.35. The summed E-state index contributed by atoms with van der Waals surface area (Å²) in [6.45, 7) is 4.22. The van der Waals surface area contributed by atoms with Crippen molar-refractivity contribution < 1.29 is 8.78 Å². The Balaban J connectivity index is 2.36. The van der Waals surface area contributed by atoms with Gasteiger partial charge in [0.05, 0.1) is 11.0 Å². The number of hydrogen-bond acceptors (Lipinski definition) is 1. The Morgan fingerprint density at radius 2 is 2.00 bits per heavy atom. The van der Waals surface area contributed by atoms with Crippen LogP contribution >= 0.6 is 0 Å². The Bertz CT molecular complexity index is 466. The van der Waals surface area contributed by atoms with Gasteiger partial charge in [-0.1, -0.05) is 20.3 Å². The van der Waals surface area contributed by atoms with Gasteiger partial charge in [0.15, 0.2) is 11.6 Å². The summed E-state index contributed by atoms with van der Waals surface area (Å²) < 4.78 is 25.9. The Kier molecular flexibility index (Phi) is 2.90. The monoisotopic (exact) mass is 224 g/mol. The molecule has 1 atom stereocenters. The van der Waals surface area contributed by atoms with E-state index in [1.807, 2.05) is 0 Å². The van der Waals surface area contributed by atoms with Gasteiger partial charge in [0.25, 0.3) is 0 Å². The third kappa shape index (κ3) is 2.05. The molecular weight excluding hydrogens is 210 g/mol. The predicted octanol–water partition coefficient (Wildman–Crippen LogP) is 3.43. The quantitative estimate of drug-likeness (QED) is 0.850. The molecule has 2 aromatic rings. The van der Waals surface area contributed by atoms with Gasteiger partial charge in [-0.25, -0.2) is 13.8 Å². The Labute approximate surface area is 92.7 Å². The molecule has 4 heteroatoms. The first-order valence-electron chi connectivity index (χ1n) is 5.43. The summed E-state index contributed by atoms with van der Waals surface area (Å²) in [7, 11) is 0. The molecule has 1 aromatic carbocycles. The number of aromatic amines is 1. The van der Waals surface area contributed by atoms with Crippen LogP contribution in [-0.4, -0.2) is 9.97 Å². The standard InChI is InChI=1S/C12H14F2N2/c1-3-7(2)4-12-15-10-5-8(13)9(14)6-11(10)16-12/h5-7H,3-4H2,1-2H3,(H,15,16). The van der Waals surface area contributed by atoms with Gasteiger partial charge in [-0.05, 0) is 5.92 Å². The zero-order chi connectivity index (χ0) is 11.7. The molecule has 1 heterocycles. The van der Waals surface area contributed by atoms with Gasteiger partial charge in [-0.2, -0.15) is 0 Å². The lowest BCUT2D eigenvalue weighted by Crippen LogP contribution is -1.99. The van der Waals surface area contributed by atoms with Crippen molar-refractivity contribution in [2.75, 3.05) is 0 Å². The third-order valence-corrected chi connectivity index (χ3v) is 2.81. The van der Waals surface area contributed by atoms with Gasteiger partial charge < -0.3 is 4.98 Å². The van der Waals surface area contributed by atoms with Gasteiger partial charge in [0, 0.05) is 18.6 Å². The number of imidazole rings is 1. The molecule has 86 valence electrons. The maximum absolute atomic E-state index is 13.0. The van der Waals surface area contributed by atoms with E-state index in [2.05, 4.69) is 23.8 Å². The number of fused-ring (bicyclic) bond motifs is 1. The fourth-order valence-corrected chi connectivity index (χ4v) is 1.63. The van der Waals surface area contributed by atoms with Gasteiger partial charge in [-0.3, -0.25) is 0 Å². The number of hydrogen-bond donors (Lipinski definition) is 1. The van der Waals surface area contributed by atoms with Crippen LogP contribution in [0.5, 0.6) is 0 Å². The van der Waals surface area contributed by atoms with Gasteiger partial charge in [-0.15, -0.1) is 0 Å². The highest BCUT2D eigenvalue weighted by Crippen LogP contribution is 2.18. The third-order valence-electron chi connectivity index (χ3n) is 2.81. The minimum atomic E-state index is -0.853. The van der Waals surface area contributed by atoms with Crippen molar-refractivity contribution >= 4 is 11.0 Å². The van der Waals surface area contributed by atoms with Crippen LogP contribution in [0.4, 0.5) is 8.78 Å². The van der Waals surface area contributed by atoms with E-state index in [9.17, 15) is 8.78 Å². The van der Waals surface area contributed by atoms with Crippen molar-refractivity contribution in [1.29, 1.82) is 0 Å². The molecule has 0 aliphatic heterocycles. The summed E-state index contributed by atoms with van der Waals surface area (Å²) >= 11 is 0. The lowest BCUT2D eigenvalue weighted by molar-refractivity contribution is 0.510. The van der Waals surface area contributed by atoms with E-state index in [-0.39, 0.29) is 0 Å². The second-order valence-corrected chi connectivity index (χ2v) is 4.18. The molecule has 0 saturated heterocycles. The number of benzene rings is 1. The first kappa shape index (κ1) is 11.0. The molecule has 16 heavy (non-hydrogen) atoms. The average Bonchev–Trinajstić information content (AvgIpc) is 2.60. The number of aromatic nitrogens is 2. The van der Waals surface area contributed by atoms with Gasteiger partial charge in [0.2, 0.25) is 0 Å². The maximum Gasteiger partial charge on any atom is 0.161 e. The molecule has 0 spiro atoms. The molecule has 0 bridgehead atoms. The maximum atomic E-state index is 13.0. The first-order valence-corrected chi connectivity index (χ1v) is 5.43. The van der Waals surface area contributed by atoms with E-state index >= 15 is 0 Å². The Hall–Kier alpha value is -1.45. The Morgan fingerprint density at radius 3 is 2.69 bits per heavy atom. The number of nitrogens with one attached hydrogen (secondary N) is 1. The molecule has 0 fully saturated rings. The smallest absolute Gasteiger partial charge is 0.161 e. The number of H-pyrrole nitrogens is 1. The molecule has 0 amide bonds. The van der Waals surface area contributed by atoms with Crippen LogP contribution in [0.2, 0.25) is 0 Å². The van der Waals surface area contributed by atoms with Crippen LogP contribution < -0.4 is 0 Å². The van der Waals surface area contributed by atoms with Crippen LogP contribution in [0.3, 0.4) is 0 Å². The fraction of sp³-hybridized carbons (Fsp3) is 0.417. The number of halogens is 2. The van der Waals surface area contributed by atoms with E-state index in [0.717, 1.165) is 30.8 Å². The summed E-state index contributed by atoms with van der Waals surface area (Å²) in [6, 6.07) is 2.28. The molecule has 1 aromatic heterocycles. The Morgan fingerprint density at radius 1 is 1.31 bits per heavy atom. The van der Waals surface area contributed by atoms with Crippen molar-refractivity contribution in [3.63, 3.8) is 0 Å². The molecule has 2 rings (SSSR count). The van der Waals surface area contributed by atoms with E-state index in [0.29, 0.717) is 17.0 Å². The molecule has 0 aliphatic rings. The van der Waals surface area contributed by atoms with Crippen molar-refractivity contribution in [1.82, 2.24) is 9.97 Å². The largest absolute Gasteiger partial charge is 0.342 e. The van der Waals surface area contributed by atoms with Crippen LogP contribution in [0.1, 0.15) is 26.1 Å². The minimum absolute atomic E-state index is 0.484. The number of rotatable bonds is 3. The van der Waals surface area contributed by atoms with E-state index in [4.69, 9.17) is 0 Å². The molecule has 0 radical (unpaired) electrons. The van der Waals surface area contributed by atoms with E-state index in [1.165, 1.54) is 0 Å². The summed E-state index contributed by atoms with van der Waals surface area (Å²) in [5.41, 5.74) is 1.04. The molecule has 0 aliphatic carbocycles. The summed E-state index contributed by atoms with van der Waals surface area (Å²) in [5.74, 6) is -0.398. The van der Waals surface area contributed by atoms with Crippen LogP contribution in [0.25, 0.3) is 11.0 Å². The van der Waals surface area contributed by atoms with Crippen LogP contribution in [0.15, 0.2) is 12.1 Å². The average molecular weight is 224 g/mol. The minimum Gasteiger partial charge on any atom is -0.342 e. The van der Waals surface area contributed by atoms with E-state index < -0.39 is 11.6 Å². The van der Waals surface area contributed by atoms with Crippen molar-refractivity contribution in [2.45, 2.75) is 26.7 Å². The van der Waals surface area contributed by atoms with E-state index in [1.54, 1.807) is 0 Å². The lowest BCUT2D eigenvalue weighted by atomic mass is 10.1. The second kappa shape index (κ2) is 4.20. The van der Waals surface area contributed by atoms with Crippen molar-refractivity contribution in [2.24, 2.45) is 5.92 Å². The van der Waals surface area contributed by atoms with Crippen molar-refractivity contribution in [3.05, 3.63) is 29.6 Å². The zero-order valence-corrected chi connectivity index (χ0v) is 9.35. The fourth-order valence-electron chi connectivity index (χ4n) is 1.63. The lowest BCUT2D eigenvalue weighted by Gasteiger charge is -2.03. The van der Waals surface area contributed by atoms with Gasteiger partial charge in [0.1, 0.15) is 5.82 Å². The highest BCUT2D eigenvalue weighted by molar-refractivity contribution is 5.75. The van der Waals surface area contributed by atoms with Crippen molar-refractivity contribution in [3.8, 4) is 0 Å². The highest BCUT2D eigenvalue weighted by atomic mass is 19.2. The summed E-state index contributed by atoms with van der Waals surface area (Å²) in [6.07, 6.45) is 1.86. The molecular formula is C12H14F2N2. The van der Waals surface area contributed by atoms with Crippen LogP contribution in [0, 0.1) is 17.6 Å². The molecule has 0 saturated carbocycles. The van der Waals surface area contributed by atoms with Gasteiger partial charge >= 0.3 is 0 Å². The first-order chi connectivity index (χ1) is 7.60. The SMILES string of the molecule is CCC(C)Cc1nc2cc(F)c(F)cc2[nH]1. The summed E-state index contributed by atoms with van der Waals surface area (Å²) in [5, 5.41) is 0. The second-order valence-electron chi connectivity index (χ2n) is 4.18. The molecule has 1 N–H and O–H groups in total.